The number of nitrogens with two attached hydrogens (primary N) is 1. The van der Waals surface area contributed by atoms with Crippen molar-refractivity contribution < 1.29 is 14.3 Å². The van der Waals surface area contributed by atoms with Crippen molar-refractivity contribution in [1.29, 1.82) is 0 Å². The van der Waals surface area contributed by atoms with Crippen molar-refractivity contribution in [3.8, 4) is 5.75 Å². The summed E-state index contributed by atoms with van der Waals surface area (Å²) in [5, 5.41) is 0. The van der Waals surface area contributed by atoms with Crippen LogP contribution in [0.2, 0.25) is 0 Å². The molecule has 2 aromatic rings. The molecule has 0 aliphatic carbocycles. The zero-order valence-electron chi connectivity index (χ0n) is 15.6. The van der Waals surface area contributed by atoms with E-state index in [1.165, 1.54) is 7.11 Å². The molecule has 0 fully saturated rings. The third-order valence-electron chi connectivity index (χ3n) is 4.56. The van der Waals surface area contributed by atoms with Crippen LogP contribution in [-0.2, 0) is 16.1 Å². The van der Waals surface area contributed by atoms with Gasteiger partial charge in [-0.3, -0.25) is 4.79 Å². The van der Waals surface area contributed by atoms with E-state index in [1.807, 2.05) is 56.3 Å². The molecular weight excluding hydrogens is 314 g/mol. The number of ether oxygens (including phenoxy) is 2. The Morgan fingerprint density at radius 2 is 1.68 bits per heavy atom. The second kappa shape index (κ2) is 7.70. The van der Waals surface area contributed by atoms with Crippen molar-refractivity contribution in [2.45, 2.75) is 40.3 Å². The first-order valence-electron chi connectivity index (χ1n) is 8.39. The van der Waals surface area contributed by atoms with Gasteiger partial charge in [-0.15, -0.1) is 0 Å². The second-order valence-corrected chi connectivity index (χ2v) is 6.95. The highest BCUT2D eigenvalue weighted by atomic mass is 16.5. The fraction of sp³-hybridized carbons (Fsp3) is 0.381. The van der Waals surface area contributed by atoms with E-state index in [1.54, 1.807) is 13.8 Å². The molecule has 0 saturated heterocycles. The Bertz CT molecular complexity index is 715. The molecule has 0 amide bonds. The first-order chi connectivity index (χ1) is 11.8. The maximum absolute atomic E-state index is 12.0. The lowest BCUT2D eigenvalue weighted by Gasteiger charge is -2.29. The third-order valence-corrected chi connectivity index (χ3v) is 4.56. The fourth-order valence-corrected chi connectivity index (χ4v) is 2.93. The van der Waals surface area contributed by atoms with E-state index >= 15 is 0 Å². The summed E-state index contributed by atoms with van der Waals surface area (Å²) in [5.74, 6) is 0.537. The van der Waals surface area contributed by atoms with Crippen molar-refractivity contribution in [3.63, 3.8) is 0 Å². The van der Waals surface area contributed by atoms with Gasteiger partial charge in [-0.2, -0.15) is 0 Å². The molecule has 2 N–H and O–H groups in total. The summed E-state index contributed by atoms with van der Waals surface area (Å²) in [7, 11) is 1.38. The molecule has 0 unspecified atom stereocenters. The molecule has 0 aliphatic heterocycles. The van der Waals surface area contributed by atoms with Gasteiger partial charge in [0.1, 0.15) is 12.4 Å². The van der Waals surface area contributed by atoms with Gasteiger partial charge >= 0.3 is 5.97 Å². The Morgan fingerprint density at radius 1 is 1.12 bits per heavy atom. The minimum absolute atomic E-state index is 0.320. The van der Waals surface area contributed by atoms with Crippen molar-refractivity contribution in [2.75, 3.05) is 7.11 Å². The van der Waals surface area contributed by atoms with E-state index in [0.29, 0.717) is 6.61 Å². The summed E-state index contributed by atoms with van der Waals surface area (Å²) in [6.45, 7) is 8.10. The molecule has 0 radical (unpaired) electrons. The van der Waals surface area contributed by atoms with Gasteiger partial charge in [0.2, 0.25) is 0 Å². The first-order valence-corrected chi connectivity index (χ1v) is 8.39. The van der Waals surface area contributed by atoms with Gasteiger partial charge in [0.05, 0.1) is 12.5 Å². The number of benzene rings is 2. The van der Waals surface area contributed by atoms with Crippen LogP contribution in [0.15, 0.2) is 42.5 Å². The summed E-state index contributed by atoms with van der Waals surface area (Å²) >= 11 is 0. The van der Waals surface area contributed by atoms with E-state index in [9.17, 15) is 4.79 Å². The zero-order chi connectivity index (χ0) is 18.6. The van der Waals surface area contributed by atoms with Gasteiger partial charge in [-0.25, -0.2) is 0 Å². The lowest BCUT2D eigenvalue weighted by molar-refractivity contribution is -0.152. The summed E-state index contributed by atoms with van der Waals surface area (Å²) in [4.78, 5) is 12.0. The Kier molecular flexibility index (Phi) is 5.85. The van der Waals surface area contributed by atoms with Crippen LogP contribution in [0.3, 0.4) is 0 Å². The van der Waals surface area contributed by atoms with Crippen LogP contribution in [0.1, 0.15) is 42.1 Å². The molecular formula is C21H27NO3. The second-order valence-electron chi connectivity index (χ2n) is 6.95. The number of rotatable bonds is 6. The minimum atomic E-state index is -0.806. The Balaban J connectivity index is 2.23. The maximum atomic E-state index is 12.0. The Hall–Kier alpha value is -2.33. The van der Waals surface area contributed by atoms with Gasteiger partial charge in [0, 0.05) is 6.04 Å². The molecule has 4 nitrogen and oxygen atoms in total. The van der Waals surface area contributed by atoms with Crippen LogP contribution in [-0.4, -0.2) is 13.1 Å². The molecule has 0 aliphatic rings. The molecule has 1 atom stereocenters. The minimum Gasteiger partial charge on any atom is -0.488 e. The topological polar surface area (TPSA) is 61.5 Å². The van der Waals surface area contributed by atoms with E-state index < -0.39 is 11.5 Å². The van der Waals surface area contributed by atoms with Gasteiger partial charge in [-0.05, 0) is 49.9 Å². The molecule has 2 aromatic carbocycles. The Morgan fingerprint density at radius 3 is 2.20 bits per heavy atom. The number of carbonyl (C=O) groups is 1. The van der Waals surface area contributed by atoms with Crippen molar-refractivity contribution in [2.24, 2.45) is 11.1 Å². The van der Waals surface area contributed by atoms with Gasteiger partial charge < -0.3 is 15.2 Å². The number of carbonyl (C=O) groups excluding carboxylic acids is 1. The number of esters is 1. The number of aryl methyl sites for hydroxylation is 2. The number of methoxy groups -OCH3 is 1. The van der Waals surface area contributed by atoms with Crippen LogP contribution in [0.4, 0.5) is 0 Å². The predicted octanol–water partition coefficient (Wildman–Crippen LogP) is 4.08. The normalized spacial score (nSPS) is 12.6. The van der Waals surface area contributed by atoms with E-state index in [0.717, 1.165) is 28.0 Å². The average Bonchev–Trinajstić information content (AvgIpc) is 2.60. The highest BCUT2D eigenvalue weighted by Crippen LogP contribution is 2.36. The van der Waals surface area contributed by atoms with Gasteiger partial charge in [0.15, 0.2) is 0 Å². The monoisotopic (exact) mass is 341 g/mol. The average molecular weight is 341 g/mol. The first kappa shape index (κ1) is 19.0. The SMILES string of the molecule is COC(=O)C(C)(C)[C@@H](N)c1cc(C)c(OCc2ccccc2)c(C)c1. The maximum Gasteiger partial charge on any atom is 0.313 e. The lowest BCUT2D eigenvalue weighted by Crippen LogP contribution is -2.37. The van der Waals surface area contributed by atoms with Crippen LogP contribution < -0.4 is 10.5 Å². The smallest absolute Gasteiger partial charge is 0.313 e. The van der Waals surface area contributed by atoms with Crippen LogP contribution in [0.5, 0.6) is 5.75 Å². The summed E-state index contributed by atoms with van der Waals surface area (Å²) < 4.78 is 10.9. The molecule has 0 saturated carbocycles. The van der Waals surface area contributed by atoms with Crippen molar-refractivity contribution >= 4 is 5.97 Å². The van der Waals surface area contributed by atoms with Crippen LogP contribution in [0, 0.1) is 19.3 Å². The fourth-order valence-electron chi connectivity index (χ4n) is 2.93. The van der Waals surface area contributed by atoms with E-state index in [4.69, 9.17) is 15.2 Å². The molecule has 25 heavy (non-hydrogen) atoms. The van der Waals surface area contributed by atoms with Crippen LogP contribution in [0.25, 0.3) is 0 Å². The molecule has 0 spiro atoms. The highest BCUT2D eigenvalue weighted by molar-refractivity contribution is 5.77. The summed E-state index contributed by atoms with van der Waals surface area (Å²) in [5.41, 5.74) is 9.58. The van der Waals surface area contributed by atoms with Crippen molar-refractivity contribution in [1.82, 2.24) is 0 Å². The quantitative estimate of drug-likeness (QED) is 0.804. The standard InChI is InChI=1S/C21H27NO3/c1-14-11-17(19(22)21(3,4)20(23)24-5)12-15(2)18(14)25-13-16-9-7-6-8-10-16/h6-12,19H,13,22H2,1-5H3/t19-/m0/s1. The summed E-state index contributed by atoms with van der Waals surface area (Å²) in [6.07, 6.45) is 0. The zero-order valence-corrected chi connectivity index (χ0v) is 15.6. The largest absolute Gasteiger partial charge is 0.488 e. The number of hydrogen-bond donors (Lipinski definition) is 1. The molecule has 0 aromatic heterocycles. The van der Waals surface area contributed by atoms with Crippen LogP contribution >= 0.6 is 0 Å². The third kappa shape index (κ3) is 4.20. The van der Waals surface area contributed by atoms with Gasteiger partial charge in [-0.1, -0.05) is 42.5 Å². The molecule has 0 bridgehead atoms. The molecule has 134 valence electrons. The lowest BCUT2D eigenvalue weighted by atomic mass is 9.80. The van der Waals surface area contributed by atoms with Gasteiger partial charge in [0.25, 0.3) is 0 Å². The Labute approximate surface area is 150 Å². The predicted molar refractivity (Wildman–Crippen MR) is 99.4 cm³/mol. The molecule has 0 heterocycles. The van der Waals surface area contributed by atoms with E-state index in [-0.39, 0.29) is 5.97 Å². The number of hydrogen-bond acceptors (Lipinski definition) is 4. The molecule has 4 heteroatoms. The van der Waals surface area contributed by atoms with E-state index in [2.05, 4.69) is 0 Å². The summed E-state index contributed by atoms with van der Waals surface area (Å²) in [6, 6.07) is 13.6. The van der Waals surface area contributed by atoms with Crippen molar-refractivity contribution in [3.05, 3.63) is 64.7 Å². The molecule has 2 rings (SSSR count). The highest BCUT2D eigenvalue weighted by Gasteiger charge is 2.37.